The molecule has 2 aromatic rings. The lowest BCUT2D eigenvalue weighted by Gasteiger charge is -2.26. The van der Waals surface area contributed by atoms with E-state index in [0.717, 1.165) is 50.9 Å². The van der Waals surface area contributed by atoms with E-state index in [9.17, 15) is 4.79 Å². The highest BCUT2D eigenvalue weighted by atomic mass is 16.2. The van der Waals surface area contributed by atoms with Crippen LogP contribution in [0.5, 0.6) is 0 Å². The summed E-state index contributed by atoms with van der Waals surface area (Å²) in [5.74, 6) is 2.52. The number of H-pyrrole nitrogens is 1. The van der Waals surface area contributed by atoms with Crippen molar-refractivity contribution in [1.82, 2.24) is 25.1 Å². The molecule has 9 nitrogen and oxygen atoms in total. The van der Waals surface area contributed by atoms with E-state index in [2.05, 4.69) is 30.8 Å². The molecule has 1 aliphatic carbocycles. The van der Waals surface area contributed by atoms with Crippen LogP contribution in [-0.2, 0) is 4.79 Å². The molecule has 1 saturated carbocycles. The maximum atomic E-state index is 12.2. The van der Waals surface area contributed by atoms with E-state index in [4.69, 9.17) is 5.73 Å². The number of likely N-dealkylation sites (tertiary alicyclic amines) is 1. The first-order valence-corrected chi connectivity index (χ1v) is 9.98. The summed E-state index contributed by atoms with van der Waals surface area (Å²) < 4.78 is 0. The largest absolute Gasteiger partial charge is 0.354 e. The maximum Gasteiger partial charge on any atom is 0.231 e. The van der Waals surface area contributed by atoms with Crippen molar-refractivity contribution in [3.05, 3.63) is 24.0 Å². The molecule has 0 aromatic carbocycles. The van der Waals surface area contributed by atoms with Gasteiger partial charge in [-0.1, -0.05) is 0 Å². The molecule has 2 fully saturated rings. The van der Waals surface area contributed by atoms with Gasteiger partial charge in [0.05, 0.1) is 5.92 Å². The zero-order valence-electron chi connectivity index (χ0n) is 16.2. The monoisotopic (exact) mass is 384 g/mol. The number of likely N-dealkylation sites (N-methyl/N-ethyl adjacent to an activating group) is 1. The molecule has 1 amide bonds. The molecular formula is C19H28N8O. The lowest BCUT2D eigenvalue weighted by atomic mass is 9.86. The van der Waals surface area contributed by atoms with Crippen LogP contribution in [0.1, 0.15) is 43.7 Å². The minimum Gasteiger partial charge on any atom is -0.354 e. The van der Waals surface area contributed by atoms with E-state index < -0.39 is 0 Å². The Morgan fingerprint density at radius 2 is 2.07 bits per heavy atom. The average molecular weight is 384 g/mol. The highest BCUT2D eigenvalue weighted by molar-refractivity contribution is 5.85. The minimum absolute atomic E-state index is 0.132. The Morgan fingerprint density at radius 1 is 1.25 bits per heavy atom. The Bertz CT molecular complexity index is 814. The zero-order valence-corrected chi connectivity index (χ0v) is 16.2. The number of anilines is 3. The van der Waals surface area contributed by atoms with Crippen LogP contribution < -0.4 is 16.4 Å². The van der Waals surface area contributed by atoms with Crippen LogP contribution in [0.25, 0.3) is 0 Å². The third-order valence-corrected chi connectivity index (χ3v) is 5.75. The summed E-state index contributed by atoms with van der Waals surface area (Å²) in [7, 11) is 1.83. The van der Waals surface area contributed by atoms with E-state index in [1.807, 2.05) is 13.1 Å². The second-order valence-electron chi connectivity index (χ2n) is 7.86. The van der Waals surface area contributed by atoms with Crippen molar-refractivity contribution in [1.29, 1.82) is 0 Å². The Hall–Kier alpha value is -2.68. The normalized spacial score (nSPS) is 25.1. The number of carbonyl (C=O) groups excluding carboxylic acids is 1. The van der Waals surface area contributed by atoms with Gasteiger partial charge in [0, 0.05) is 44.1 Å². The number of nitrogens with zero attached hydrogens (tertiary/aromatic N) is 4. The summed E-state index contributed by atoms with van der Waals surface area (Å²) in [4.78, 5) is 22.7. The van der Waals surface area contributed by atoms with Crippen LogP contribution in [0.2, 0.25) is 0 Å². The first-order valence-electron chi connectivity index (χ1n) is 9.98. The van der Waals surface area contributed by atoms with Crippen molar-refractivity contribution in [3.63, 3.8) is 0 Å². The van der Waals surface area contributed by atoms with Gasteiger partial charge in [-0.15, -0.1) is 0 Å². The number of hydrogen-bond acceptors (Lipinski definition) is 7. The topological polar surface area (TPSA) is 125 Å². The van der Waals surface area contributed by atoms with Crippen LogP contribution in [0.15, 0.2) is 18.3 Å². The minimum atomic E-state index is -0.140. The molecule has 9 heteroatoms. The van der Waals surface area contributed by atoms with Gasteiger partial charge in [-0.3, -0.25) is 9.89 Å². The summed E-state index contributed by atoms with van der Waals surface area (Å²) in [6.07, 6.45) is 7.02. The van der Waals surface area contributed by atoms with Crippen molar-refractivity contribution in [2.75, 3.05) is 30.8 Å². The Labute approximate surface area is 164 Å². The number of carbonyl (C=O) groups is 1. The van der Waals surface area contributed by atoms with Gasteiger partial charge >= 0.3 is 0 Å². The Kier molecular flexibility index (Phi) is 5.43. The summed E-state index contributed by atoms with van der Waals surface area (Å²) in [5, 5.41) is 13.8. The molecule has 5 N–H and O–H groups in total. The van der Waals surface area contributed by atoms with Crippen molar-refractivity contribution in [3.8, 4) is 0 Å². The predicted molar refractivity (Wildman–Crippen MR) is 107 cm³/mol. The zero-order chi connectivity index (χ0) is 19.5. The molecule has 3 heterocycles. The van der Waals surface area contributed by atoms with Crippen LogP contribution in [0.3, 0.4) is 0 Å². The lowest BCUT2D eigenvalue weighted by molar-refractivity contribution is -0.127. The quantitative estimate of drug-likeness (QED) is 0.598. The number of nitrogens with two attached hydrogens (primary N) is 1. The van der Waals surface area contributed by atoms with Crippen LogP contribution in [0, 0.1) is 5.92 Å². The van der Waals surface area contributed by atoms with Gasteiger partial charge in [-0.2, -0.15) is 10.1 Å². The summed E-state index contributed by atoms with van der Waals surface area (Å²) in [5.41, 5.74) is 6.80. The third kappa shape index (κ3) is 4.24. The second-order valence-corrected chi connectivity index (χ2v) is 7.86. The molecule has 0 unspecified atom stereocenters. The number of aromatic amines is 1. The number of nitrogens with one attached hydrogen (secondary N) is 3. The summed E-state index contributed by atoms with van der Waals surface area (Å²) in [6, 6.07) is 4.04. The number of rotatable bonds is 6. The number of aromatic nitrogens is 4. The molecule has 28 heavy (non-hydrogen) atoms. The molecule has 0 bridgehead atoms. The molecule has 150 valence electrons. The fraction of sp³-hybridized carbons (Fsp3) is 0.579. The molecule has 0 spiro atoms. The van der Waals surface area contributed by atoms with E-state index in [1.165, 1.54) is 0 Å². The maximum absolute atomic E-state index is 12.2. The van der Waals surface area contributed by atoms with Crippen molar-refractivity contribution in [2.24, 2.45) is 11.7 Å². The first kappa shape index (κ1) is 18.7. The first-order chi connectivity index (χ1) is 13.6. The lowest BCUT2D eigenvalue weighted by Crippen LogP contribution is -2.29. The molecule has 4 rings (SSSR count). The Morgan fingerprint density at radius 3 is 2.82 bits per heavy atom. The standard InChI is InChI=1S/C19H28N8O/c1-27-9-7-14(18(27)28)15-10-17(26-25-15)23-16-6-8-21-19(24-16)22-11-12-2-4-13(20)5-3-12/h6,8,10,12-14H,2-5,7,9,11,20H2,1H3,(H3,21,22,23,24,25,26)/t12?,13?,14-/m1/s1. The highest BCUT2D eigenvalue weighted by Gasteiger charge is 2.31. The van der Waals surface area contributed by atoms with E-state index in [0.29, 0.717) is 29.5 Å². The third-order valence-electron chi connectivity index (χ3n) is 5.75. The van der Waals surface area contributed by atoms with Crippen LogP contribution in [-0.4, -0.2) is 57.2 Å². The number of amides is 1. The van der Waals surface area contributed by atoms with Crippen LogP contribution in [0.4, 0.5) is 17.6 Å². The van der Waals surface area contributed by atoms with Crippen molar-refractivity contribution >= 4 is 23.5 Å². The molecule has 1 saturated heterocycles. The van der Waals surface area contributed by atoms with Gasteiger partial charge in [-0.05, 0) is 44.1 Å². The van der Waals surface area contributed by atoms with E-state index in [-0.39, 0.29) is 11.8 Å². The molecular weight excluding hydrogens is 356 g/mol. The smallest absolute Gasteiger partial charge is 0.231 e. The molecule has 1 atom stereocenters. The van der Waals surface area contributed by atoms with Gasteiger partial charge in [0.2, 0.25) is 11.9 Å². The molecule has 2 aromatic heterocycles. The number of hydrogen-bond donors (Lipinski definition) is 4. The van der Waals surface area contributed by atoms with Gasteiger partial charge in [0.15, 0.2) is 5.82 Å². The highest BCUT2D eigenvalue weighted by Crippen LogP contribution is 2.28. The van der Waals surface area contributed by atoms with Gasteiger partial charge in [0.1, 0.15) is 5.82 Å². The van der Waals surface area contributed by atoms with Gasteiger partial charge in [0.25, 0.3) is 0 Å². The summed E-state index contributed by atoms with van der Waals surface area (Å²) >= 11 is 0. The summed E-state index contributed by atoms with van der Waals surface area (Å²) in [6.45, 7) is 1.64. The average Bonchev–Trinajstić information content (AvgIpc) is 3.28. The molecule has 0 radical (unpaired) electrons. The van der Waals surface area contributed by atoms with E-state index in [1.54, 1.807) is 17.2 Å². The predicted octanol–water partition coefficient (Wildman–Crippen LogP) is 1.82. The Balaban J connectivity index is 1.34. The van der Waals surface area contributed by atoms with Gasteiger partial charge in [-0.25, -0.2) is 4.98 Å². The fourth-order valence-electron chi connectivity index (χ4n) is 3.96. The second kappa shape index (κ2) is 8.14. The van der Waals surface area contributed by atoms with Gasteiger partial charge < -0.3 is 21.3 Å². The molecule has 2 aliphatic rings. The fourth-order valence-corrected chi connectivity index (χ4v) is 3.96. The molecule has 1 aliphatic heterocycles. The van der Waals surface area contributed by atoms with Crippen molar-refractivity contribution < 1.29 is 4.79 Å². The van der Waals surface area contributed by atoms with E-state index >= 15 is 0 Å². The van der Waals surface area contributed by atoms with Crippen LogP contribution >= 0.6 is 0 Å². The van der Waals surface area contributed by atoms with Crippen molar-refractivity contribution in [2.45, 2.75) is 44.1 Å². The SMILES string of the molecule is CN1CC[C@H](c2cc(Nc3ccnc(NCC4CCC(N)CC4)n3)n[nH]2)C1=O.